The molecule has 0 unspecified atom stereocenters. The number of carbonyl (C=O) groups is 2. The predicted molar refractivity (Wildman–Crippen MR) is 92.7 cm³/mol. The first-order valence-corrected chi connectivity index (χ1v) is 8.37. The summed E-state index contributed by atoms with van der Waals surface area (Å²) in [6.45, 7) is 6.00. The largest absolute Gasteiger partial charge is 0.367 e. The Hall–Kier alpha value is -2.57. The zero-order chi connectivity index (χ0) is 18.4. The fourth-order valence-corrected chi connectivity index (χ4v) is 3.73. The van der Waals surface area contributed by atoms with Crippen LogP contribution in [-0.2, 0) is 19.1 Å². The molecule has 0 saturated carbocycles. The van der Waals surface area contributed by atoms with Gasteiger partial charge in [-0.2, -0.15) is 0 Å². The molecule has 0 aliphatic carbocycles. The van der Waals surface area contributed by atoms with Gasteiger partial charge < -0.3 is 14.8 Å². The van der Waals surface area contributed by atoms with Crippen molar-refractivity contribution < 1.29 is 23.5 Å². The van der Waals surface area contributed by atoms with Crippen molar-refractivity contribution in [3.8, 4) is 0 Å². The second kappa shape index (κ2) is 6.30. The Bertz CT molecular complexity index is 870. The van der Waals surface area contributed by atoms with Crippen molar-refractivity contribution in [1.29, 1.82) is 0 Å². The molecule has 6 heteroatoms. The second-order valence-electron chi connectivity index (χ2n) is 6.69. The fraction of sp³-hybridized carbons (Fsp3) is 0.300. The van der Waals surface area contributed by atoms with Crippen LogP contribution in [0.25, 0.3) is 5.57 Å². The van der Waals surface area contributed by atoms with E-state index < -0.39 is 5.92 Å². The van der Waals surface area contributed by atoms with E-state index in [1.807, 2.05) is 0 Å². The average molecular weight is 355 g/mol. The first-order chi connectivity index (χ1) is 12.5. The van der Waals surface area contributed by atoms with E-state index in [-0.39, 0.29) is 43.8 Å². The van der Waals surface area contributed by atoms with Gasteiger partial charge in [-0.3, -0.25) is 9.59 Å². The SMILES string of the molecule is C=C(C)c1cc(C2C3=C(COCC3=O)NC3=C2C(=O)COC3)ccc1F. The molecule has 1 aromatic rings. The highest BCUT2D eigenvalue weighted by Crippen LogP contribution is 2.42. The lowest BCUT2D eigenvalue weighted by Gasteiger charge is -2.37. The Labute approximate surface area is 150 Å². The van der Waals surface area contributed by atoms with Gasteiger partial charge >= 0.3 is 0 Å². The summed E-state index contributed by atoms with van der Waals surface area (Å²) >= 11 is 0. The minimum absolute atomic E-state index is 0.0289. The van der Waals surface area contributed by atoms with Crippen molar-refractivity contribution in [2.45, 2.75) is 12.8 Å². The number of ether oxygens (including phenoxy) is 2. The molecule has 3 aliphatic heterocycles. The quantitative estimate of drug-likeness (QED) is 0.882. The summed E-state index contributed by atoms with van der Waals surface area (Å²) in [6, 6.07) is 4.66. The van der Waals surface area contributed by atoms with Gasteiger partial charge in [0.2, 0.25) is 0 Å². The van der Waals surface area contributed by atoms with Crippen molar-refractivity contribution >= 4 is 17.1 Å². The van der Waals surface area contributed by atoms with Crippen LogP contribution in [0.1, 0.15) is 24.0 Å². The molecule has 26 heavy (non-hydrogen) atoms. The van der Waals surface area contributed by atoms with E-state index in [0.717, 1.165) is 0 Å². The molecule has 0 fully saturated rings. The van der Waals surface area contributed by atoms with Gasteiger partial charge in [0, 0.05) is 34.0 Å². The molecule has 1 N–H and O–H groups in total. The molecule has 5 nitrogen and oxygen atoms in total. The lowest BCUT2D eigenvalue weighted by atomic mass is 9.76. The molecule has 3 aliphatic rings. The predicted octanol–water partition coefficient (Wildman–Crippen LogP) is 2.25. The van der Waals surface area contributed by atoms with Crippen molar-refractivity contribution in [2.75, 3.05) is 26.4 Å². The van der Waals surface area contributed by atoms with Gasteiger partial charge in [0.05, 0.1) is 13.2 Å². The van der Waals surface area contributed by atoms with Crippen LogP contribution in [-0.4, -0.2) is 38.0 Å². The monoisotopic (exact) mass is 355 g/mol. The molecular formula is C20H18FNO4. The number of allylic oxidation sites excluding steroid dienone is 1. The zero-order valence-electron chi connectivity index (χ0n) is 14.4. The first kappa shape index (κ1) is 16.9. The van der Waals surface area contributed by atoms with E-state index in [4.69, 9.17) is 9.47 Å². The summed E-state index contributed by atoms with van der Waals surface area (Å²) in [7, 11) is 0. The van der Waals surface area contributed by atoms with Gasteiger partial charge in [-0.15, -0.1) is 0 Å². The first-order valence-electron chi connectivity index (χ1n) is 8.37. The summed E-state index contributed by atoms with van der Waals surface area (Å²) < 4.78 is 24.8. The van der Waals surface area contributed by atoms with E-state index in [0.29, 0.717) is 39.2 Å². The standard InChI is InChI=1S/C20H18FNO4/c1-10(2)12-5-11(3-4-13(12)21)18-19-14(6-25-8-16(19)23)22-15-7-26-9-17(24)20(15)18/h3-5,18,22H,1,6-9H2,2H3. The van der Waals surface area contributed by atoms with E-state index in [1.165, 1.54) is 6.07 Å². The number of carbonyl (C=O) groups excluding carboxylic acids is 2. The van der Waals surface area contributed by atoms with Gasteiger partial charge in [0.15, 0.2) is 11.6 Å². The van der Waals surface area contributed by atoms with Crippen LogP contribution in [0, 0.1) is 5.82 Å². The molecule has 1 aromatic carbocycles. The van der Waals surface area contributed by atoms with E-state index in [1.54, 1.807) is 19.1 Å². The molecule has 0 aromatic heterocycles. The van der Waals surface area contributed by atoms with E-state index in [2.05, 4.69) is 11.9 Å². The summed E-state index contributed by atoms with van der Waals surface area (Å²) in [6.07, 6.45) is 0. The smallest absolute Gasteiger partial charge is 0.187 e. The molecule has 0 atom stereocenters. The van der Waals surface area contributed by atoms with Crippen molar-refractivity contribution in [1.82, 2.24) is 5.32 Å². The van der Waals surface area contributed by atoms with Crippen molar-refractivity contribution in [3.63, 3.8) is 0 Å². The third kappa shape index (κ3) is 2.62. The molecule has 0 spiro atoms. The Morgan fingerprint density at radius 3 is 2.19 bits per heavy atom. The Kier molecular flexibility index (Phi) is 4.09. The van der Waals surface area contributed by atoms with Gasteiger partial charge in [-0.1, -0.05) is 12.6 Å². The summed E-state index contributed by atoms with van der Waals surface area (Å²) in [5, 5.41) is 3.14. The molecule has 3 heterocycles. The Balaban J connectivity index is 1.93. The number of halogens is 1. The molecule has 4 rings (SSSR count). The third-order valence-electron chi connectivity index (χ3n) is 4.87. The molecule has 0 amide bonds. The van der Waals surface area contributed by atoms with Crippen LogP contribution >= 0.6 is 0 Å². The maximum Gasteiger partial charge on any atom is 0.187 e. The molecule has 134 valence electrons. The number of dihydropyridines is 1. The van der Waals surface area contributed by atoms with Crippen LogP contribution < -0.4 is 5.32 Å². The summed E-state index contributed by atoms with van der Waals surface area (Å²) in [5.74, 6) is -1.27. The number of rotatable bonds is 2. The average Bonchev–Trinajstić information content (AvgIpc) is 2.61. The summed E-state index contributed by atoms with van der Waals surface area (Å²) in [5.41, 5.74) is 3.97. The molecule has 0 radical (unpaired) electrons. The highest BCUT2D eigenvalue weighted by atomic mass is 19.1. The number of nitrogens with one attached hydrogen (secondary N) is 1. The van der Waals surface area contributed by atoms with Crippen LogP contribution in [0.4, 0.5) is 4.39 Å². The minimum atomic E-state index is -0.548. The highest BCUT2D eigenvalue weighted by molar-refractivity contribution is 6.07. The van der Waals surface area contributed by atoms with Crippen molar-refractivity contribution in [2.24, 2.45) is 0 Å². The number of benzene rings is 1. The minimum Gasteiger partial charge on any atom is -0.367 e. The van der Waals surface area contributed by atoms with Crippen LogP contribution in [0.3, 0.4) is 0 Å². The van der Waals surface area contributed by atoms with Crippen LogP contribution in [0.5, 0.6) is 0 Å². The van der Waals surface area contributed by atoms with Gasteiger partial charge in [-0.25, -0.2) is 4.39 Å². The number of hydrogen-bond donors (Lipinski definition) is 1. The third-order valence-corrected chi connectivity index (χ3v) is 4.87. The maximum absolute atomic E-state index is 14.1. The van der Waals surface area contributed by atoms with Crippen LogP contribution in [0.2, 0.25) is 0 Å². The summed E-state index contributed by atoms with van der Waals surface area (Å²) in [4.78, 5) is 25.2. The van der Waals surface area contributed by atoms with Crippen LogP contribution in [0.15, 0.2) is 47.3 Å². The number of hydrogen-bond acceptors (Lipinski definition) is 5. The topological polar surface area (TPSA) is 64.6 Å². The van der Waals surface area contributed by atoms with Gasteiger partial charge in [0.1, 0.15) is 19.0 Å². The Morgan fingerprint density at radius 1 is 1.08 bits per heavy atom. The molecule has 0 saturated heterocycles. The zero-order valence-corrected chi connectivity index (χ0v) is 14.4. The lowest BCUT2D eigenvalue weighted by molar-refractivity contribution is -0.122. The Morgan fingerprint density at radius 2 is 1.65 bits per heavy atom. The number of ketones is 2. The van der Waals surface area contributed by atoms with Crippen molar-refractivity contribution in [3.05, 3.63) is 64.3 Å². The lowest BCUT2D eigenvalue weighted by Crippen LogP contribution is -2.42. The number of Topliss-reactive ketones (excluding diaryl/α,β-unsaturated/α-hetero) is 2. The van der Waals surface area contributed by atoms with E-state index in [9.17, 15) is 14.0 Å². The molecule has 0 bridgehead atoms. The normalized spacial score (nSPS) is 20.7. The second-order valence-corrected chi connectivity index (χ2v) is 6.69. The fourth-order valence-electron chi connectivity index (χ4n) is 3.73. The van der Waals surface area contributed by atoms with E-state index >= 15 is 0 Å². The van der Waals surface area contributed by atoms with Gasteiger partial charge in [-0.05, 0) is 30.2 Å². The van der Waals surface area contributed by atoms with Gasteiger partial charge in [0.25, 0.3) is 0 Å². The highest BCUT2D eigenvalue weighted by Gasteiger charge is 2.41. The molecular weight excluding hydrogens is 337 g/mol. The maximum atomic E-state index is 14.1.